The molecule has 0 aliphatic rings. The molecule has 5 nitrogen and oxygen atoms in total. The van der Waals surface area contributed by atoms with Gasteiger partial charge in [-0.25, -0.2) is 4.79 Å². The summed E-state index contributed by atoms with van der Waals surface area (Å²) in [7, 11) is 0. The van der Waals surface area contributed by atoms with Crippen LogP contribution in [-0.4, -0.2) is 41.5 Å². The lowest BCUT2D eigenvalue weighted by molar-refractivity contribution is -0.145. The fraction of sp³-hybridized carbons (Fsp3) is 0.400. The maximum Gasteiger partial charge on any atom is 0.333 e. The first-order valence-corrected chi connectivity index (χ1v) is 4.72. The SMILES string of the molecule is CCOC(=O)[C@H](CO)N=Cc1ccc[nH]1. The van der Waals surface area contributed by atoms with Gasteiger partial charge in [-0.05, 0) is 19.1 Å². The predicted molar refractivity (Wildman–Crippen MR) is 55.9 cm³/mol. The van der Waals surface area contributed by atoms with Gasteiger partial charge in [-0.3, -0.25) is 4.99 Å². The molecule has 5 heteroatoms. The van der Waals surface area contributed by atoms with Crippen molar-refractivity contribution in [2.24, 2.45) is 4.99 Å². The zero-order chi connectivity index (χ0) is 11.1. The minimum Gasteiger partial charge on any atom is -0.464 e. The highest BCUT2D eigenvalue weighted by Gasteiger charge is 2.16. The van der Waals surface area contributed by atoms with Gasteiger partial charge in [0.25, 0.3) is 0 Å². The van der Waals surface area contributed by atoms with Crippen LogP contribution in [0.2, 0.25) is 0 Å². The average molecular weight is 210 g/mol. The number of H-pyrrole nitrogens is 1. The zero-order valence-corrected chi connectivity index (χ0v) is 8.51. The van der Waals surface area contributed by atoms with Crippen molar-refractivity contribution >= 4 is 12.2 Å². The summed E-state index contributed by atoms with van der Waals surface area (Å²) in [5.41, 5.74) is 0.776. The third kappa shape index (κ3) is 3.55. The quantitative estimate of drug-likeness (QED) is 0.544. The number of nitrogens with zero attached hydrogens (tertiary/aromatic N) is 1. The van der Waals surface area contributed by atoms with Gasteiger partial charge < -0.3 is 14.8 Å². The predicted octanol–water partition coefficient (Wildman–Crippen LogP) is 0.358. The van der Waals surface area contributed by atoms with Crippen LogP contribution in [0.3, 0.4) is 0 Å². The fourth-order valence-corrected chi connectivity index (χ4v) is 1.02. The van der Waals surface area contributed by atoms with Gasteiger partial charge in [0.2, 0.25) is 0 Å². The number of carbonyl (C=O) groups excluding carboxylic acids is 1. The zero-order valence-electron chi connectivity index (χ0n) is 8.51. The maximum atomic E-state index is 11.2. The third-order valence-electron chi connectivity index (χ3n) is 1.75. The van der Waals surface area contributed by atoms with E-state index in [0.29, 0.717) is 0 Å². The van der Waals surface area contributed by atoms with Gasteiger partial charge in [0, 0.05) is 12.4 Å². The molecule has 1 aromatic rings. The molecular formula is C10H14N2O3. The van der Waals surface area contributed by atoms with Crippen molar-refractivity contribution in [3.63, 3.8) is 0 Å². The minimum absolute atomic E-state index is 0.285. The van der Waals surface area contributed by atoms with Crippen molar-refractivity contribution in [3.8, 4) is 0 Å². The number of ether oxygens (including phenoxy) is 1. The summed E-state index contributed by atoms with van der Waals surface area (Å²) in [6, 6.07) is 2.79. The van der Waals surface area contributed by atoms with E-state index >= 15 is 0 Å². The Balaban J connectivity index is 2.57. The van der Waals surface area contributed by atoms with Gasteiger partial charge in [0.05, 0.1) is 18.9 Å². The van der Waals surface area contributed by atoms with Crippen molar-refractivity contribution in [2.75, 3.05) is 13.2 Å². The molecule has 2 N–H and O–H groups in total. The molecule has 0 aliphatic heterocycles. The summed E-state index contributed by atoms with van der Waals surface area (Å²) in [6.07, 6.45) is 3.25. The van der Waals surface area contributed by atoms with Crippen LogP contribution in [-0.2, 0) is 9.53 Å². The Hall–Kier alpha value is -1.62. The first-order valence-electron chi connectivity index (χ1n) is 4.72. The van der Waals surface area contributed by atoms with E-state index in [1.54, 1.807) is 13.1 Å². The van der Waals surface area contributed by atoms with Crippen LogP contribution < -0.4 is 0 Å². The van der Waals surface area contributed by atoms with Gasteiger partial charge in [-0.15, -0.1) is 0 Å². The second-order valence-corrected chi connectivity index (χ2v) is 2.85. The van der Waals surface area contributed by atoms with E-state index in [9.17, 15) is 4.79 Å². The molecule has 1 aromatic heterocycles. The second kappa shape index (κ2) is 5.98. The number of carbonyl (C=O) groups is 1. The van der Waals surface area contributed by atoms with Gasteiger partial charge in [0.15, 0.2) is 6.04 Å². The largest absolute Gasteiger partial charge is 0.464 e. The Morgan fingerprint density at radius 3 is 3.13 bits per heavy atom. The number of nitrogens with one attached hydrogen (secondary N) is 1. The molecule has 0 aromatic carbocycles. The van der Waals surface area contributed by atoms with Crippen LogP contribution >= 0.6 is 0 Å². The van der Waals surface area contributed by atoms with Crippen LogP contribution in [0.5, 0.6) is 0 Å². The van der Waals surface area contributed by atoms with Crippen molar-refractivity contribution in [3.05, 3.63) is 24.0 Å². The van der Waals surface area contributed by atoms with Gasteiger partial charge in [-0.2, -0.15) is 0 Å². The molecule has 0 bridgehead atoms. The number of aromatic amines is 1. The molecule has 0 saturated heterocycles. The standard InChI is InChI=1S/C10H14N2O3/c1-2-15-10(14)9(7-13)12-6-8-4-3-5-11-8/h3-6,9,11,13H,2,7H2,1H3/t9-/m0/s1. The number of hydrogen-bond acceptors (Lipinski definition) is 4. The fourth-order valence-electron chi connectivity index (χ4n) is 1.02. The Bertz CT molecular complexity index is 319. The van der Waals surface area contributed by atoms with Gasteiger partial charge >= 0.3 is 5.97 Å². The van der Waals surface area contributed by atoms with E-state index in [1.807, 2.05) is 12.1 Å². The highest BCUT2D eigenvalue weighted by molar-refractivity contribution is 5.82. The Labute approximate surface area is 87.8 Å². The van der Waals surface area contributed by atoms with Crippen molar-refractivity contribution in [1.29, 1.82) is 0 Å². The summed E-state index contributed by atoms with van der Waals surface area (Å²) in [5.74, 6) is -0.511. The van der Waals surface area contributed by atoms with Crippen molar-refractivity contribution in [1.82, 2.24) is 4.98 Å². The Kier molecular flexibility index (Phi) is 4.56. The highest BCUT2D eigenvalue weighted by Crippen LogP contribution is 1.96. The molecular weight excluding hydrogens is 196 g/mol. The lowest BCUT2D eigenvalue weighted by atomic mass is 10.3. The summed E-state index contributed by atoms with van der Waals surface area (Å²) in [5, 5.41) is 8.93. The van der Waals surface area contributed by atoms with E-state index in [2.05, 4.69) is 9.98 Å². The molecule has 82 valence electrons. The molecule has 1 rings (SSSR count). The Morgan fingerprint density at radius 2 is 2.60 bits per heavy atom. The number of aromatic nitrogens is 1. The van der Waals surface area contributed by atoms with Crippen LogP contribution in [0.25, 0.3) is 0 Å². The molecule has 0 unspecified atom stereocenters. The van der Waals surface area contributed by atoms with Crippen LogP contribution in [0.4, 0.5) is 0 Å². The summed E-state index contributed by atoms with van der Waals surface area (Å²) >= 11 is 0. The van der Waals surface area contributed by atoms with E-state index in [0.717, 1.165) is 5.69 Å². The number of aliphatic hydroxyl groups is 1. The summed E-state index contributed by atoms with van der Waals surface area (Å²) in [6.45, 7) is 1.64. The topological polar surface area (TPSA) is 74.7 Å². The molecule has 1 atom stereocenters. The first-order chi connectivity index (χ1) is 7.27. The number of aliphatic imine (C=N–C) groups is 1. The van der Waals surface area contributed by atoms with E-state index < -0.39 is 12.0 Å². The number of esters is 1. The van der Waals surface area contributed by atoms with Crippen LogP contribution in [0.15, 0.2) is 23.3 Å². The number of hydrogen-bond donors (Lipinski definition) is 2. The molecule has 0 amide bonds. The van der Waals surface area contributed by atoms with E-state index in [1.165, 1.54) is 6.21 Å². The van der Waals surface area contributed by atoms with Gasteiger partial charge in [0.1, 0.15) is 0 Å². The summed E-state index contributed by atoms with van der Waals surface area (Å²) in [4.78, 5) is 18.1. The molecule has 15 heavy (non-hydrogen) atoms. The molecule has 0 fully saturated rings. The molecule has 0 aliphatic carbocycles. The lowest BCUT2D eigenvalue weighted by Crippen LogP contribution is -2.25. The van der Waals surface area contributed by atoms with Gasteiger partial charge in [-0.1, -0.05) is 0 Å². The smallest absolute Gasteiger partial charge is 0.333 e. The molecule has 0 spiro atoms. The van der Waals surface area contributed by atoms with Crippen molar-refractivity contribution in [2.45, 2.75) is 13.0 Å². The highest BCUT2D eigenvalue weighted by atomic mass is 16.5. The van der Waals surface area contributed by atoms with E-state index in [4.69, 9.17) is 9.84 Å². The second-order valence-electron chi connectivity index (χ2n) is 2.85. The molecule has 1 heterocycles. The minimum atomic E-state index is -0.840. The first kappa shape index (κ1) is 11.5. The molecule has 0 radical (unpaired) electrons. The third-order valence-corrected chi connectivity index (χ3v) is 1.75. The normalized spacial score (nSPS) is 12.9. The summed E-state index contributed by atoms with van der Waals surface area (Å²) < 4.78 is 4.74. The Morgan fingerprint density at radius 1 is 1.80 bits per heavy atom. The van der Waals surface area contributed by atoms with Crippen molar-refractivity contribution < 1.29 is 14.6 Å². The maximum absolute atomic E-state index is 11.2. The number of rotatable bonds is 5. The molecule has 0 saturated carbocycles. The van der Waals surface area contributed by atoms with E-state index in [-0.39, 0.29) is 13.2 Å². The van der Waals surface area contributed by atoms with Crippen LogP contribution in [0.1, 0.15) is 12.6 Å². The monoisotopic (exact) mass is 210 g/mol. The number of aliphatic hydroxyl groups excluding tert-OH is 1. The lowest BCUT2D eigenvalue weighted by Gasteiger charge is -2.07. The van der Waals surface area contributed by atoms with Crippen LogP contribution in [0, 0.1) is 0 Å². The average Bonchev–Trinajstić information content (AvgIpc) is 2.72.